The molecule has 23 heavy (non-hydrogen) atoms. The largest absolute Gasteiger partial charge is 0.269 e. The average Bonchev–Trinajstić information content (AvgIpc) is 2.93. The third-order valence-corrected chi connectivity index (χ3v) is 5.05. The zero-order valence-electron chi connectivity index (χ0n) is 12.1. The van der Waals surface area contributed by atoms with Crippen LogP contribution in [0.15, 0.2) is 56.3 Å². The highest BCUT2D eigenvalue weighted by Crippen LogP contribution is 2.32. The van der Waals surface area contributed by atoms with Crippen molar-refractivity contribution in [1.29, 1.82) is 0 Å². The van der Waals surface area contributed by atoms with Gasteiger partial charge in [-0.15, -0.1) is 0 Å². The van der Waals surface area contributed by atoms with Gasteiger partial charge in [0.2, 0.25) is 0 Å². The molecule has 0 saturated carbocycles. The van der Waals surface area contributed by atoms with E-state index < -0.39 is 0 Å². The van der Waals surface area contributed by atoms with E-state index >= 15 is 0 Å². The van der Waals surface area contributed by atoms with Crippen LogP contribution < -0.4 is 5.56 Å². The molecule has 1 aromatic carbocycles. The van der Waals surface area contributed by atoms with Crippen molar-refractivity contribution < 1.29 is 0 Å². The molecule has 0 unspecified atom stereocenters. The summed E-state index contributed by atoms with van der Waals surface area (Å²) in [5.41, 5.74) is 4.56. The monoisotopic (exact) mass is 430 g/mol. The summed E-state index contributed by atoms with van der Waals surface area (Å²) >= 11 is 6.93. The van der Waals surface area contributed by atoms with Crippen LogP contribution in [0.2, 0.25) is 0 Å². The van der Waals surface area contributed by atoms with Crippen molar-refractivity contribution in [3.8, 4) is 0 Å². The molecule has 1 aliphatic carbocycles. The van der Waals surface area contributed by atoms with E-state index in [-0.39, 0.29) is 5.56 Å². The molecular formula is C18H12Br2N2O. The molecule has 0 bridgehead atoms. The molecule has 0 radical (unpaired) electrons. The topological polar surface area (TPSA) is 34.4 Å². The summed E-state index contributed by atoms with van der Waals surface area (Å²) in [6, 6.07) is 12.1. The summed E-state index contributed by atoms with van der Waals surface area (Å²) in [6.45, 7) is 0. The Labute approximate surface area is 149 Å². The van der Waals surface area contributed by atoms with Gasteiger partial charge in [0.15, 0.2) is 5.65 Å². The van der Waals surface area contributed by atoms with Crippen molar-refractivity contribution in [2.24, 2.45) is 0 Å². The molecule has 3 aromatic rings. The van der Waals surface area contributed by atoms with E-state index in [4.69, 9.17) is 4.98 Å². The molecule has 0 spiro atoms. The Bertz CT molecular complexity index is 1010. The van der Waals surface area contributed by atoms with Gasteiger partial charge in [-0.3, -0.25) is 9.20 Å². The van der Waals surface area contributed by atoms with E-state index in [0.29, 0.717) is 5.65 Å². The number of fused-ring (bicyclic) bond motifs is 2. The Morgan fingerprint density at radius 1 is 1.13 bits per heavy atom. The van der Waals surface area contributed by atoms with E-state index in [9.17, 15) is 4.79 Å². The summed E-state index contributed by atoms with van der Waals surface area (Å²) in [6.07, 6.45) is 5.49. The van der Waals surface area contributed by atoms with E-state index in [2.05, 4.69) is 50.1 Å². The summed E-state index contributed by atoms with van der Waals surface area (Å²) in [5.74, 6) is 0. The van der Waals surface area contributed by atoms with Crippen LogP contribution in [0.1, 0.15) is 23.2 Å². The van der Waals surface area contributed by atoms with Crippen LogP contribution in [0.4, 0.5) is 0 Å². The van der Waals surface area contributed by atoms with Crippen LogP contribution in [0.5, 0.6) is 0 Å². The lowest BCUT2D eigenvalue weighted by Gasteiger charge is -2.07. The van der Waals surface area contributed by atoms with Gasteiger partial charge in [0.25, 0.3) is 5.56 Å². The lowest BCUT2D eigenvalue weighted by Crippen LogP contribution is -2.20. The molecule has 0 saturated heterocycles. The third kappa shape index (κ3) is 2.58. The second-order valence-electron chi connectivity index (χ2n) is 5.52. The van der Waals surface area contributed by atoms with Crippen molar-refractivity contribution in [2.75, 3.05) is 0 Å². The van der Waals surface area contributed by atoms with Gasteiger partial charge in [-0.05, 0) is 68.0 Å². The predicted octanol–water partition coefficient (Wildman–Crippen LogP) is 4.71. The Hall–Kier alpha value is -1.72. The molecular weight excluding hydrogens is 420 g/mol. The van der Waals surface area contributed by atoms with Crippen LogP contribution in [0.25, 0.3) is 17.3 Å². The zero-order valence-corrected chi connectivity index (χ0v) is 15.3. The number of halogens is 2. The maximum Gasteiger partial charge on any atom is 0.261 e. The fraction of sp³-hybridized carbons (Fsp3) is 0.111. The Balaban J connectivity index is 1.96. The maximum absolute atomic E-state index is 12.8. The molecule has 3 nitrogen and oxygen atoms in total. The first-order chi connectivity index (χ1) is 11.1. The summed E-state index contributed by atoms with van der Waals surface area (Å²) in [5, 5.41) is 0. The first kappa shape index (κ1) is 14.8. The number of hydrogen-bond donors (Lipinski definition) is 0. The van der Waals surface area contributed by atoms with Gasteiger partial charge in [-0.25, -0.2) is 4.98 Å². The van der Waals surface area contributed by atoms with Crippen molar-refractivity contribution in [2.45, 2.75) is 12.8 Å². The summed E-state index contributed by atoms with van der Waals surface area (Å²) < 4.78 is 3.26. The molecule has 1 aliphatic rings. The molecule has 0 amide bonds. The standard InChI is InChI=1S/C18H12Br2N2O/c19-13-9-15(20)17-21-16-12(8-11-4-2-1-3-5-11)6-7-14(16)18(23)22(17)10-13/h1-5,8-10H,6-7H2. The quantitative estimate of drug-likeness (QED) is 0.559. The van der Waals surface area contributed by atoms with E-state index in [1.165, 1.54) is 0 Å². The molecule has 114 valence electrons. The van der Waals surface area contributed by atoms with E-state index in [1.54, 1.807) is 10.6 Å². The van der Waals surface area contributed by atoms with Crippen LogP contribution in [-0.2, 0) is 6.42 Å². The Kier molecular flexibility index (Phi) is 3.70. The third-order valence-electron chi connectivity index (χ3n) is 4.03. The van der Waals surface area contributed by atoms with Crippen LogP contribution in [-0.4, -0.2) is 9.38 Å². The SMILES string of the molecule is O=c1c2c(nc3c(Br)cc(Br)cn13)C(=Cc1ccccc1)CC2. The zero-order chi connectivity index (χ0) is 16.0. The van der Waals surface area contributed by atoms with Gasteiger partial charge < -0.3 is 0 Å². The number of aromatic nitrogens is 2. The predicted molar refractivity (Wildman–Crippen MR) is 99.5 cm³/mol. The van der Waals surface area contributed by atoms with Crippen LogP contribution >= 0.6 is 31.9 Å². The van der Waals surface area contributed by atoms with Crippen molar-refractivity contribution in [3.63, 3.8) is 0 Å². The number of rotatable bonds is 1. The highest BCUT2D eigenvalue weighted by Gasteiger charge is 2.23. The Morgan fingerprint density at radius 2 is 1.91 bits per heavy atom. The molecule has 0 aliphatic heterocycles. The van der Waals surface area contributed by atoms with Crippen molar-refractivity contribution in [3.05, 3.63) is 78.7 Å². The summed E-state index contributed by atoms with van der Waals surface area (Å²) in [7, 11) is 0. The normalized spacial score (nSPS) is 15.3. The van der Waals surface area contributed by atoms with Crippen LogP contribution in [0, 0.1) is 0 Å². The maximum atomic E-state index is 12.8. The average molecular weight is 432 g/mol. The molecule has 4 rings (SSSR count). The van der Waals surface area contributed by atoms with Gasteiger partial charge in [0.05, 0.1) is 10.2 Å². The minimum absolute atomic E-state index is 0.0171. The lowest BCUT2D eigenvalue weighted by molar-refractivity contribution is 0.965. The minimum atomic E-state index is 0.0171. The van der Waals surface area contributed by atoms with Crippen molar-refractivity contribution >= 4 is 49.2 Å². The van der Waals surface area contributed by atoms with Gasteiger partial charge >= 0.3 is 0 Å². The van der Waals surface area contributed by atoms with Gasteiger partial charge in [-0.1, -0.05) is 30.3 Å². The highest BCUT2D eigenvalue weighted by atomic mass is 79.9. The fourth-order valence-electron chi connectivity index (χ4n) is 2.96. The smallest absolute Gasteiger partial charge is 0.261 e. The number of nitrogens with zero attached hydrogens (tertiary/aromatic N) is 2. The minimum Gasteiger partial charge on any atom is -0.269 e. The second kappa shape index (κ2) is 5.73. The highest BCUT2D eigenvalue weighted by molar-refractivity contribution is 9.11. The molecule has 0 fully saturated rings. The molecule has 2 heterocycles. The number of hydrogen-bond acceptors (Lipinski definition) is 2. The molecule has 0 atom stereocenters. The van der Waals surface area contributed by atoms with Gasteiger partial charge in [-0.2, -0.15) is 0 Å². The molecule has 2 aromatic heterocycles. The van der Waals surface area contributed by atoms with E-state index in [1.807, 2.05) is 24.3 Å². The number of pyridine rings is 1. The summed E-state index contributed by atoms with van der Waals surface area (Å²) in [4.78, 5) is 17.5. The lowest BCUT2D eigenvalue weighted by atomic mass is 10.1. The van der Waals surface area contributed by atoms with Crippen LogP contribution in [0.3, 0.4) is 0 Å². The van der Waals surface area contributed by atoms with Gasteiger partial charge in [0, 0.05) is 16.2 Å². The van der Waals surface area contributed by atoms with Gasteiger partial charge in [0.1, 0.15) is 0 Å². The van der Waals surface area contributed by atoms with E-state index in [0.717, 1.165) is 44.2 Å². The fourth-order valence-corrected chi connectivity index (χ4v) is 4.23. The first-order valence-electron chi connectivity index (χ1n) is 7.30. The molecule has 5 heteroatoms. The first-order valence-corrected chi connectivity index (χ1v) is 8.88. The Morgan fingerprint density at radius 3 is 2.70 bits per heavy atom. The number of allylic oxidation sites excluding steroid dienone is 1. The second-order valence-corrected chi connectivity index (χ2v) is 7.29. The molecule has 0 N–H and O–H groups in total. The number of benzene rings is 1. The van der Waals surface area contributed by atoms with Crippen molar-refractivity contribution in [1.82, 2.24) is 9.38 Å².